The summed E-state index contributed by atoms with van der Waals surface area (Å²) in [5.74, 6) is 1.71. The summed E-state index contributed by atoms with van der Waals surface area (Å²) in [7, 11) is 0. The Morgan fingerprint density at radius 2 is 1.96 bits per heavy atom. The molecular weight excluding hydrogens is 332 g/mol. The number of aromatic nitrogens is 3. The molecule has 0 saturated carbocycles. The van der Waals surface area contributed by atoms with E-state index in [0.717, 1.165) is 5.56 Å². The van der Waals surface area contributed by atoms with Crippen LogP contribution in [0, 0.1) is 0 Å². The van der Waals surface area contributed by atoms with Gasteiger partial charge in [0.2, 0.25) is 6.10 Å². The lowest BCUT2D eigenvalue weighted by Crippen LogP contribution is -2.48. The highest BCUT2D eigenvalue weighted by molar-refractivity contribution is 5.82. The number of nitrogens with zero attached hydrogens (tertiary/aromatic N) is 3. The average Bonchev–Trinajstić information content (AvgIpc) is 3.20. The molecule has 0 fully saturated rings. The van der Waals surface area contributed by atoms with Gasteiger partial charge in [-0.15, -0.1) is 0 Å². The molecule has 1 aliphatic rings. The van der Waals surface area contributed by atoms with Crippen LogP contribution in [-0.4, -0.2) is 32.9 Å². The van der Waals surface area contributed by atoms with E-state index < -0.39 is 6.10 Å². The van der Waals surface area contributed by atoms with Crippen LogP contribution in [0.2, 0.25) is 0 Å². The van der Waals surface area contributed by atoms with Gasteiger partial charge >= 0.3 is 0 Å². The van der Waals surface area contributed by atoms with E-state index in [9.17, 15) is 4.79 Å². The molecule has 1 amide bonds. The lowest BCUT2D eigenvalue weighted by atomic mass is 10.1. The Balaban J connectivity index is 1.42. The molecule has 26 heavy (non-hydrogen) atoms. The number of amides is 1. The number of nitrogens with one attached hydrogen (secondary N) is 1. The Labute approximate surface area is 150 Å². The molecule has 2 aromatic heterocycles. The van der Waals surface area contributed by atoms with E-state index in [1.54, 1.807) is 23.1 Å². The van der Waals surface area contributed by atoms with Gasteiger partial charge in [-0.05, 0) is 42.8 Å². The van der Waals surface area contributed by atoms with Crippen molar-refractivity contribution in [2.75, 3.05) is 0 Å². The van der Waals surface area contributed by atoms with E-state index in [0.29, 0.717) is 23.9 Å². The summed E-state index contributed by atoms with van der Waals surface area (Å²) in [6, 6.07) is 12.9. The fourth-order valence-corrected chi connectivity index (χ4v) is 2.80. The standard InChI is InChI=1S/C19H18N4O3/c1-13-18(26-16-6-3-2-5-15(16)25-13)19(24)21-12-14-7-9-20-17(11-14)23-10-4-8-22-23/h2-11,13,18H,12H2,1H3,(H,21,24)/t13-,18+/m0/s1. The molecular formula is C19H18N4O3. The van der Waals surface area contributed by atoms with Crippen molar-refractivity contribution in [2.24, 2.45) is 0 Å². The third-order valence-electron chi connectivity index (χ3n) is 4.12. The van der Waals surface area contributed by atoms with Gasteiger partial charge in [0, 0.05) is 25.1 Å². The first-order chi connectivity index (χ1) is 12.7. The molecule has 1 aliphatic heterocycles. The summed E-state index contributed by atoms with van der Waals surface area (Å²) in [6.07, 6.45) is 4.13. The van der Waals surface area contributed by atoms with Gasteiger partial charge in [0.15, 0.2) is 17.3 Å². The number of carbonyl (C=O) groups is 1. The van der Waals surface area contributed by atoms with Gasteiger partial charge in [0.1, 0.15) is 6.10 Å². The minimum absolute atomic E-state index is 0.218. The monoisotopic (exact) mass is 350 g/mol. The molecule has 4 rings (SSSR count). The molecule has 132 valence electrons. The van der Waals surface area contributed by atoms with E-state index >= 15 is 0 Å². The van der Waals surface area contributed by atoms with Crippen LogP contribution in [0.25, 0.3) is 5.82 Å². The van der Waals surface area contributed by atoms with Crippen LogP contribution >= 0.6 is 0 Å². The minimum atomic E-state index is -0.697. The van der Waals surface area contributed by atoms with Gasteiger partial charge in [-0.3, -0.25) is 4.79 Å². The van der Waals surface area contributed by atoms with Crippen molar-refractivity contribution in [1.82, 2.24) is 20.1 Å². The summed E-state index contributed by atoms with van der Waals surface area (Å²) in [5, 5.41) is 7.06. The summed E-state index contributed by atoms with van der Waals surface area (Å²) >= 11 is 0. The van der Waals surface area contributed by atoms with Gasteiger partial charge in [-0.1, -0.05) is 12.1 Å². The second-order valence-corrected chi connectivity index (χ2v) is 6.00. The first-order valence-corrected chi connectivity index (χ1v) is 8.36. The zero-order chi connectivity index (χ0) is 17.9. The van der Waals surface area contributed by atoms with Crippen LogP contribution in [0.1, 0.15) is 12.5 Å². The number of hydrogen-bond donors (Lipinski definition) is 1. The molecule has 0 unspecified atom stereocenters. The number of para-hydroxylation sites is 2. The highest BCUT2D eigenvalue weighted by atomic mass is 16.6. The van der Waals surface area contributed by atoms with Gasteiger partial charge in [-0.2, -0.15) is 5.10 Å². The fraction of sp³-hybridized carbons (Fsp3) is 0.211. The fourth-order valence-electron chi connectivity index (χ4n) is 2.80. The maximum atomic E-state index is 12.6. The van der Waals surface area contributed by atoms with Crippen molar-refractivity contribution in [3.8, 4) is 17.3 Å². The maximum absolute atomic E-state index is 12.6. The molecule has 0 radical (unpaired) electrons. The average molecular weight is 350 g/mol. The predicted molar refractivity (Wildman–Crippen MR) is 94.2 cm³/mol. The van der Waals surface area contributed by atoms with Gasteiger partial charge < -0.3 is 14.8 Å². The number of hydrogen-bond acceptors (Lipinski definition) is 5. The first kappa shape index (κ1) is 16.1. The lowest BCUT2D eigenvalue weighted by Gasteiger charge is -2.31. The molecule has 1 N–H and O–H groups in total. The second-order valence-electron chi connectivity index (χ2n) is 6.00. The Morgan fingerprint density at radius 1 is 1.15 bits per heavy atom. The lowest BCUT2D eigenvalue weighted by molar-refractivity contribution is -0.133. The van der Waals surface area contributed by atoms with Crippen LogP contribution in [0.3, 0.4) is 0 Å². The van der Waals surface area contributed by atoms with E-state index in [4.69, 9.17) is 9.47 Å². The predicted octanol–water partition coefficient (Wildman–Crippen LogP) is 2.11. The second kappa shape index (κ2) is 6.87. The molecule has 7 nitrogen and oxygen atoms in total. The highest BCUT2D eigenvalue weighted by Crippen LogP contribution is 2.33. The number of benzene rings is 1. The Hall–Kier alpha value is -3.35. The van der Waals surface area contributed by atoms with E-state index in [1.807, 2.05) is 49.5 Å². The number of pyridine rings is 1. The van der Waals surface area contributed by atoms with Gasteiger partial charge in [0.25, 0.3) is 5.91 Å². The summed E-state index contributed by atoms with van der Waals surface area (Å²) in [4.78, 5) is 16.8. The quantitative estimate of drug-likeness (QED) is 0.780. The van der Waals surface area contributed by atoms with Crippen molar-refractivity contribution in [1.29, 1.82) is 0 Å². The largest absolute Gasteiger partial charge is 0.482 e. The minimum Gasteiger partial charge on any atom is -0.482 e. The molecule has 3 aromatic rings. The van der Waals surface area contributed by atoms with Crippen LogP contribution in [0.15, 0.2) is 61.1 Å². The van der Waals surface area contributed by atoms with Crippen LogP contribution in [0.4, 0.5) is 0 Å². The van der Waals surface area contributed by atoms with E-state index in [2.05, 4.69) is 15.4 Å². The molecule has 0 aliphatic carbocycles. The molecule has 1 aromatic carbocycles. The molecule has 7 heteroatoms. The van der Waals surface area contributed by atoms with Crippen molar-refractivity contribution in [3.63, 3.8) is 0 Å². The van der Waals surface area contributed by atoms with Crippen molar-refractivity contribution in [3.05, 3.63) is 66.6 Å². The number of fused-ring (bicyclic) bond motifs is 1. The van der Waals surface area contributed by atoms with Crippen LogP contribution in [-0.2, 0) is 11.3 Å². The SMILES string of the molecule is C[C@@H]1Oc2ccccc2O[C@H]1C(=O)NCc1ccnc(-n2cccn2)c1. The summed E-state index contributed by atoms with van der Waals surface area (Å²) in [6.45, 7) is 2.19. The zero-order valence-electron chi connectivity index (χ0n) is 14.2. The topological polar surface area (TPSA) is 78.3 Å². The molecule has 0 saturated heterocycles. The molecule has 3 heterocycles. The summed E-state index contributed by atoms with van der Waals surface area (Å²) in [5.41, 5.74) is 0.920. The summed E-state index contributed by atoms with van der Waals surface area (Å²) < 4.78 is 13.3. The van der Waals surface area contributed by atoms with Crippen LogP contribution in [0.5, 0.6) is 11.5 Å². The maximum Gasteiger partial charge on any atom is 0.265 e. The first-order valence-electron chi connectivity index (χ1n) is 8.36. The normalized spacial score (nSPS) is 18.3. The number of rotatable bonds is 4. The van der Waals surface area contributed by atoms with Gasteiger partial charge in [0.05, 0.1) is 0 Å². The van der Waals surface area contributed by atoms with Crippen LogP contribution < -0.4 is 14.8 Å². The third kappa shape index (κ3) is 3.23. The van der Waals surface area contributed by atoms with E-state index in [-0.39, 0.29) is 12.0 Å². The number of carbonyl (C=O) groups excluding carboxylic acids is 1. The van der Waals surface area contributed by atoms with Gasteiger partial charge in [-0.25, -0.2) is 9.67 Å². The smallest absolute Gasteiger partial charge is 0.265 e. The van der Waals surface area contributed by atoms with Crippen molar-refractivity contribution in [2.45, 2.75) is 25.7 Å². The van der Waals surface area contributed by atoms with Crippen molar-refractivity contribution >= 4 is 5.91 Å². The highest BCUT2D eigenvalue weighted by Gasteiger charge is 2.33. The zero-order valence-corrected chi connectivity index (χ0v) is 14.2. The molecule has 0 spiro atoms. The Morgan fingerprint density at radius 3 is 2.73 bits per heavy atom. The van der Waals surface area contributed by atoms with Crippen molar-refractivity contribution < 1.29 is 14.3 Å². The number of ether oxygens (including phenoxy) is 2. The molecule has 2 atom stereocenters. The third-order valence-corrected chi connectivity index (χ3v) is 4.12. The molecule has 0 bridgehead atoms. The Bertz CT molecular complexity index is 911. The van der Waals surface area contributed by atoms with E-state index in [1.165, 1.54) is 0 Å². The Kier molecular flexibility index (Phi) is 4.27.